The van der Waals surface area contributed by atoms with E-state index in [2.05, 4.69) is 5.32 Å². The second-order valence-electron chi connectivity index (χ2n) is 7.39. The minimum Gasteiger partial charge on any atom is -0.497 e. The number of benzene rings is 3. The summed E-state index contributed by atoms with van der Waals surface area (Å²) in [4.78, 5) is 19.2. The van der Waals surface area contributed by atoms with E-state index in [0.29, 0.717) is 22.1 Å². The maximum Gasteiger partial charge on any atom is 0.267 e. The lowest BCUT2D eigenvalue weighted by Gasteiger charge is -2.12. The van der Waals surface area contributed by atoms with Crippen LogP contribution in [0, 0.1) is 6.92 Å². The summed E-state index contributed by atoms with van der Waals surface area (Å²) in [5, 5.41) is 2.99. The second-order valence-corrected chi connectivity index (χ2v) is 8.37. The van der Waals surface area contributed by atoms with Gasteiger partial charge in [0.25, 0.3) is 5.91 Å². The molecule has 2 heterocycles. The zero-order chi connectivity index (χ0) is 22.8. The van der Waals surface area contributed by atoms with Crippen molar-refractivity contribution in [3.8, 4) is 28.5 Å². The van der Waals surface area contributed by atoms with Crippen molar-refractivity contribution in [2.45, 2.75) is 6.92 Å². The third-order valence-electron chi connectivity index (χ3n) is 5.26. The number of thiazole rings is 1. The minimum atomic E-state index is -0.196. The molecule has 0 bridgehead atoms. The van der Waals surface area contributed by atoms with Crippen LogP contribution in [0.15, 0.2) is 85.1 Å². The predicted octanol–water partition coefficient (Wildman–Crippen LogP) is 6.42. The van der Waals surface area contributed by atoms with Gasteiger partial charge in [-0.05, 0) is 55.5 Å². The number of anilines is 1. The minimum absolute atomic E-state index is 0.196. The summed E-state index contributed by atoms with van der Waals surface area (Å²) in [6.07, 6.45) is 1.95. The summed E-state index contributed by atoms with van der Waals surface area (Å²) >= 11 is 1.36. The van der Waals surface area contributed by atoms with Crippen LogP contribution in [-0.4, -0.2) is 22.4 Å². The van der Waals surface area contributed by atoms with Gasteiger partial charge in [0.05, 0.1) is 18.5 Å². The molecule has 0 spiro atoms. The van der Waals surface area contributed by atoms with E-state index in [0.717, 1.165) is 27.7 Å². The molecule has 0 atom stereocenters. The van der Waals surface area contributed by atoms with Gasteiger partial charge < -0.3 is 14.8 Å². The highest BCUT2D eigenvalue weighted by molar-refractivity contribution is 7.19. The Hall–Kier alpha value is -4.10. The summed E-state index contributed by atoms with van der Waals surface area (Å²) in [5.74, 6) is 1.89. The first-order valence-electron chi connectivity index (χ1n) is 10.4. The molecule has 1 N–H and O–H groups in total. The second kappa shape index (κ2) is 8.80. The molecule has 0 aliphatic heterocycles. The van der Waals surface area contributed by atoms with Gasteiger partial charge in [0.1, 0.15) is 16.4 Å². The average molecular weight is 456 g/mol. The van der Waals surface area contributed by atoms with Crippen molar-refractivity contribution in [3.05, 3.63) is 95.6 Å². The fourth-order valence-corrected chi connectivity index (χ4v) is 4.52. The smallest absolute Gasteiger partial charge is 0.267 e. The van der Waals surface area contributed by atoms with Crippen molar-refractivity contribution in [2.24, 2.45) is 0 Å². The molecule has 0 aliphatic rings. The lowest BCUT2D eigenvalue weighted by molar-refractivity contribution is 0.102. The first-order valence-corrected chi connectivity index (χ1v) is 11.2. The van der Waals surface area contributed by atoms with Crippen molar-refractivity contribution in [1.82, 2.24) is 9.38 Å². The molecule has 0 saturated carbocycles. The van der Waals surface area contributed by atoms with Gasteiger partial charge in [0.15, 0.2) is 10.7 Å². The fraction of sp³-hybridized carbons (Fsp3) is 0.0769. The first kappa shape index (κ1) is 20.8. The third-order valence-corrected chi connectivity index (χ3v) is 6.41. The van der Waals surface area contributed by atoms with Gasteiger partial charge in [-0.15, -0.1) is 0 Å². The van der Waals surface area contributed by atoms with Crippen molar-refractivity contribution >= 4 is 27.9 Å². The number of rotatable bonds is 6. The number of ether oxygens (including phenoxy) is 2. The van der Waals surface area contributed by atoms with Crippen LogP contribution in [0.2, 0.25) is 0 Å². The average Bonchev–Trinajstić information content (AvgIpc) is 3.40. The summed E-state index contributed by atoms with van der Waals surface area (Å²) < 4.78 is 13.1. The zero-order valence-corrected chi connectivity index (χ0v) is 18.9. The molecule has 0 saturated heterocycles. The SMILES string of the molecule is COc1ccc(-c2cn3c(C)c(C(=O)Nc4ccccc4Oc4ccccc4)sc3n2)cc1. The van der Waals surface area contributed by atoms with E-state index in [9.17, 15) is 4.79 Å². The van der Waals surface area contributed by atoms with Crippen LogP contribution < -0.4 is 14.8 Å². The van der Waals surface area contributed by atoms with Crippen LogP contribution in [-0.2, 0) is 0 Å². The highest BCUT2D eigenvalue weighted by Gasteiger charge is 2.19. The van der Waals surface area contributed by atoms with E-state index in [1.54, 1.807) is 7.11 Å². The number of methoxy groups -OCH3 is 1. The Morgan fingerprint density at radius 1 is 0.939 bits per heavy atom. The van der Waals surface area contributed by atoms with Crippen LogP contribution in [0.5, 0.6) is 17.2 Å². The standard InChI is InChI=1S/C26H21N3O3S/c1-17-24(33-26-28-22(16-29(17)26)18-12-14-19(31-2)15-13-18)25(30)27-21-10-6-7-11-23(21)32-20-8-4-3-5-9-20/h3-16H,1-2H3,(H,27,30). The van der Waals surface area contributed by atoms with Gasteiger partial charge >= 0.3 is 0 Å². The molecule has 33 heavy (non-hydrogen) atoms. The molecule has 5 aromatic rings. The van der Waals surface area contributed by atoms with Crippen LogP contribution in [0.25, 0.3) is 16.2 Å². The number of hydrogen-bond acceptors (Lipinski definition) is 5. The Labute approximate surface area is 195 Å². The molecule has 3 aromatic carbocycles. The summed E-state index contributed by atoms with van der Waals surface area (Å²) in [6.45, 7) is 1.92. The molecule has 5 rings (SSSR count). The topological polar surface area (TPSA) is 64.9 Å². The predicted molar refractivity (Wildman–Crippen MR) is 131 cm³/mol. The maximum absolute atomic E-state index is 13.1. The molecule has 1 amide bonds. The Bertz CT molecular complexity index is 1420. The monoisotopic (exact) mass is 455 g/mol. The van der Waals surface area contributed by atoms with Crippen molar-refractivity contribution in [3.63, 3.8) is 0 Å². The number of aromatic nitrogens is 2. The van der Waals surface area contributed by atoms with E-state index in [1.165, 1.54) is 11.3 Å². The van der Waals surface area contributed by atoms with E-state index in [-0.39, 0.29) is 5.91 Å². The van der Waals surface area contributed by atoms with E-state index < -0.39 is 0 Å². The maximum atomic E-state index is 13.1. The van der Waals surface area contributed by atoms with Crippen LogP contribution >= 0.6 is 11.3 Å². The number of nitrogens with zero attached hydrogens (tertiary/aromatic N) is 2. The summed E-state index contributed by atoms with van der Waals surface area (Å²) in [5.41, 5.74) is 3.28. The number of aryl methyl sites for hydroxylation is 1. The number of imidazole rings is 1. The van der Waals surface area contributed by atoms with Gasteiger partial charge in [-0.2, -0.15) is 0 Å². The Morgan fingerprint density at radius 2 is 1.67 bits per heavy atom. The number of para-hydroxylation sites is 3. The van der Waals surface area contributed by atoms with Crippen LogP contribution in [0.4, 0.5) is 5.69 Å². The largest absolute Gasteiger partial charge is 0.497 e. The van der Waals surface area contributed by atoms with E-state index in [1.807, 2.05) is 96.4 Å². The quantitative estimate of drug-likeness (QED) is 0.321. The molecule has 6 nitrogen and oxygen atoms in total. The van der Waals surface area contributed by atoms with Crippen molar-refractivity contribution in [2.75, 3.05) is 12.4 Å². The van der Waals surface area contributed by atoms with E-state index >= 15 is 0 Å². The Balaban J connectivity index is 1.39. The molecule has 0 radical (unpaired) electrons. The molecule has 164 valence electrons. The molecule has 2 aromatic heterocycles. The third kappa shape index (κ3) is 4.18. The number of fused-ring (bicyclic) bond motifs is 1. The molecule has 0 aliphatic carbocycles. The number of nitrogens with one attached hydrogen (secondary N) is 1. The normalized spacial score (nSPS) is 10.8. The van der Waals surface area contributed by atoms with E-state index in [4.69, 9.17) is 14.5 Å². The fourth-order valence-electron chi connectivity index (χ4n) is 3.52. The highest BCUT2D eigenvalue weighted by Crippen LogP contribution is 2.32. The molecular formula is C26H21N3O3S. The van der Waals surface area contributed by atoms with Gasteiger partial charge in [-0.3, -0.25) is 9.20 Å². The van der Waals surface area contributed by atoms with Gasteiger partial charge in [0, 0.05) is 17.5 Å². The van der Waals surface area contributed by atoms with Gasteiger partial charge in [0.2, 0.25) is 0 Å². The molecular weight excluding hydrogens is 434 g/mol. The zero-order valence-electron chi connectivity index (χ0n) is 18.1. The van der Waals surface area contributed by atoms with Gasteiger partial charge in [-0.25, -0.2) is 4.98 Å². The van der Waals surface area contributed by atoms with Crippen molar-refractivity contribution in [1.29, 1.82) is 0 Å². The number of carbonyl (C=O) groups excluding carboxylic acids is 1. The van der Waals surface area contributed by atoms with Crippen molar-refractivity contribution < 1.29 is 14.3 Å². The first-order chi connectivity index (χ1) is 16.1. The van der Waals surface area contributed by atoms with Crippen LogP contribution in [0.3, 0.4) is 0 Å². The summed E-state index contributed by atoms with van der Waals surface area (Å²) in [7, 11) is 1.64. The number of hydrogen-bond donors (Lipinski definition) is 1. The number of carbonyl (C=O) groups is 1. The van der Waals surface area contributed by atoms with Crippen LogP contribution in [0.1, 0.15) is 15.4 Å². The lowest BCUT2D eigenvalue weighted by Crippen LogP contribution is -2.12. The molecule has 0 fully saturated rings. The molecule has 7 heteroatoms. The highest BCUT2D eigenvalue weighted by atomic mass is 32.1. The van der Waals surface area contributed by atoms with Gasteiger partial charge in [-0.1, -0.05) is 41.7 Å². The Kier molecular flexibility index (Phi) is 5.54. The Morgan fingerprint density at radius 3 is 2.39 bits per heavy atom. The summed E-state index contributed by atoms with van der Waals surface area (Å²) in [6, 6.07) is 24.6. The molecule has 0 unspecified atom stereocenters. The number of amides is 1. The lowest BCUT2D eigenvalue weighted by atomic mass is 10.2.